The molecule has 1 aliphatic heterocycles. The van der Waals surface area contributed by atoms with E-state index in [9.17, 15) is 0 Å². The van der Waals surface area contributed by atoms with Crippen molar-refractivity contribution in [2.45, 2.75) is 6.92 Å². The van der Waals surface area contributed by atoms with Gasteiger partial charge in [0.2, 0.25) is 0 Å². The first-order valence-corrected chi connectivity index (χ1v) is 5.07. The molecule has 1 saturated heterocycles. The van der Waals surface area contributed by atoms with Crippen LogP contribution in [0.25, 0.3) is 0 Å². The van der Waals surface area contributed by atoms with Crippen molar-refractivity contribution in [3.8, 4) is 0 Å². The van der Waals surface area contributed by atoms with Crippen LogP contribution in [0.2, 0.25) is 0 Å². The van der Waals surface area contributed by atoms with Gasteiger partial charge in [-0.15, -0.1) is 0 Å². The summed E-state index contributed by atoms with van der Waals surface area (Å²) in [5, 5.41) is 14.9. The summed E-state index contributed by atoms with van der Waals surface area (Å²) in [5.74, 6) is 2.03. The van der Waals surface area contributed by atoms with Gasteiger partial charge in [-0.2, -0.15) is 16.9 Å². The molecule has 1 heterocycles. The first-order chi connectivity index (χ1) is 5.74. The highest BCUT2D eigenvalue weighted by atomic mass is 32.2. The molecule has 0 unspecified atom stereocenters. The van der Waals surface area contributed by atoms with Crippen LogP contribution < -0.4 is 0 Å². The normalized spacial score (nSPS) is 20.0. The Morgan fingerprint density at radius 3 is 3.17 bits per heavy atom. The lowest BCUT2D eigenvalue weighted by atomic mass is 10.4. The summed E-state index contributed by atoms with van der Waals surface area (Å²) in [6.45, 7) is 6.64. The Kier molecular flexibility index (Phi) is 3.62. The van der Waals surface area contributed by atoms with Crippen LogP contribution in [0.4, 0.5) is 0 Å². The fourth-order valence-corrected chi connectivity index (χ4v) is 1.76. The van der Waals surface area contributed by atoms with Gasteiger partial charge in [-0.3, -0.25) is 5.01 Å². The van der Waals surface area contributed by atoms with E-state index in [2.05, 4.69) is 11.7 Å². The van der Waals surface area contributed by atoms with E-state index in [4.69, 9.17) is 5.11 Å². The number of aliphatic hydroxyl groups is 1. The SMILES string of the molecule is C=C1CSCCN1/N=C(\C)CO. The van der Waals surface area contributed by atoms with Crippen LogP contribution >= 0.6 is 11.8 Å². The molecule has 12 heavy (non-hydrogen) atoms. The van der Waals surface area contributed by atoms with Gasteiger partial charge in [-0.05, 0) is 6.92 Å². The lowest BCUT2D eigenvalue weighted by molar-refractivity contribution is 0.341. The quantitative estimate of drug-likeness (QED) is 0.651. The van der Waals surface area contributed by atoms with Gasteiger partial charge in [0, 0.05) is 17.2 Å². The summed E-state index contributed by atoms with van der Waals surface area (Å²) >= 11 is 1.87. The molecule has 0 radical (unpaired) electrons. The van der Waals surface area contributed by atoms with E-state index >= 15 is 0 Å². The van der Waals surface area contributed by atoms with Crippen molar-refractivity contribution >= 4 is 17.5 Å². The topological polar surface area (TPSA) is 35.8 Å². The second kappa shape index (κ2) is 4.52. The molecule has 4 heteroatoms. The molecule has 0 aromatic carbocycles. The lowest BCUT2D eigenvalue weighted by Gasteiger charge is -2.26. The van der Waals surface area contributed by atoms with Crippen molar-refractivity contribution in [1.82, 2.24) is 5.01 Å². The number of aliphatic hydroxyl groups excluding tert-OH is 1. The fraction of sp³-hybridized carbons (Fsp3) is 0.625. The van der Waals surface area contributed by atoms with Crippen LogP contribution in [0.3, 0.4) is 0 Å². The van der Waals surface area contributed by atoms with Gasteiger partial charge < -0.3 is 5.11 Å². The van der Waals surface area contributed by atoms with Crippen molar-refractivity contribution in [3.63, 3.8) is 0 Å². The molecule has 1 aliphatic rings. The molecular formula is C8H14N2OS. The minimum Gasteiger partial charge on any atom is -0.390 e. The number of hydrogen-bond acceptors (Lipinski definition) is 4. The molecule has 0 amide bonds. The van der Waals surface area contributed by atoms with Crippen molar-refractivity contribution < 1.29 is 5.11 Å². The molecular weight excluding hydrogens is 172 g/mol. The van der Waals surface area contributed by atoms with Gasteiger partial charge >= 0.3 is 0 Å². The first kappa shape index (κ1) is 9.61. The number of rotatable bonds is 2. The molecule has 0 aromatic heterocycles. The molecule has 0 saturated carbocycles. The predicted molar refractivity (Wildman–Crippen MR) is 53.4 cm³/mol. The molecule has 0 aromatic rings. The fourth-order valence-electron chi connectivity index (χ4n) is 0.932. The van der Waals surface area contributed by atoms with E-state index in [1.165, 1.54) is 0 Å². The molecule has 0 aliphatic carbocycles. The summed E-state index contributed by atoms with van der Waals surface area (Å²) in [7, 11) is 0. The monoisotopic (exact) mass is 186 g/mol. The Balaban J connectivity index is 2.55. The maximum Gasteiger partial charge on any atom is 0.0828 e. The number of hydrazone groups is 1. The predicted octanol–water partition coefficient (Wildman–Crippen LogP) is 0.917. The zero-order chi connectivity index (χ0) is 8.97. The van der Waals surface area contributed by atoms with Gasteiger partial charge in [0.05, 0.1) is 18.9 Å². The van der Waals surface area contributed by atoms with E-state index < -0.39 is 0 Å². The highest BCUT2D eigenvalue weighted by Crippen LogP contribution is 2.17. The molecule has 1 fully saturated rings. The maximum absolute atomic E-state index is 8.76. The molecule has 68 valence electrons. The summed E-state index contributed by atoms with van der Waals surface area (Å²) in [6.07, 6.45) is 0. The zero-order valence-corrected chi connectivity index (χ0v) is 8.10. The van der Waals surface area contributed by atoms with Crippen LogP contribution in [0.5, 0.6) is 0 Å². The standard InChI is InChI=1S/C8H14N2OS/c1-7(5-11)9-10-3-4-12-6-8(10)2/h11H,2-6H2,1H3/b9-7+. The molecule has 1 N–H and O–H groups in total. The van der Waals surface area contributed by atoms with Crippen molar-refractivity contribution in [1.29, 1.82) is 0 Å². The molecule has 0 atom stereocenters. The summed E-state index contributed by atoms with van der Waals surface area (Å²) in [6, 6.07) is 0. The van der Waals surface area contributed by atoms with Crippen molar-refractivity contribution in [2.24, 2.45) is 5.10 Å². The van der Waals surface area contributed by atoms with Crippen LogP contribution in [0.15, 0.2) is 17.4 Å². The summed E-state index contributed by atoms with van der Waals surface area (Å²) < 4.78 is 0. The van der Waals surface area contributed by atoms with Crippen LogP contribution in [-0.2, 0) is 0 Å². The van der Waals surface area contributed by atoms with Crippen molar-refractivity contribution in [3.05, 3.63) is 12.3 Å². The Bertz CT molecular complexity index is 203. The largest absolute Gasteiger partial charge is 0.390 e. The zero-order valence-electron chi connectivity index (χ0n) is 7.29. The molecule has 0 spiro atoms. The van der Waals surface area contributed by atoms with E-state index in [-0.39, 0.29) is 6.61 Å². The van der Waals surface area contributed by atoms with E-state index in [1.807, 2.05) is 23.7 Å². The van der Waals surface area contributed by atoms with Gasteiger partial charge in [-0.25, -0.2) is 0 Å². The minimum absolute atomic E-state index is 0.0247. The third-order valence-electron chi connectivity index (χ3n) is 1.60. The van der Waals surface area contributed by atoms with Crippen LogP contribution in [0, 0.1) is 0 Å². The third-order valence-corrected chi connectivity index (χ3v) is 2.61. The Hall–Kier alpha value is -0.480. The summed E-state index contributed by atoms with van der Waals surface area (Å²) in [4.78, 5) is 0. The van der Waals surface area contributed by atoms with E-state index in [1.54, 1.807) is 0 Å². The van der Waals surface area contributed by atoms with E-state index in [0.717, 1.165) is 29.5 Å². The van der Waals surface area contributed by atoms with Gasteiger partial charge in [0.1, 0.15) is 0 Å². The molecule has 3 nitrogen and oxygen atoms in total. The van der Waals surface area contributed by atoms with Gasteiger partial charge in [0.25, 0.3) is 0 Å². The van der Waals surface area contributed by atoms with E-state index in [0.29, 0.717) is 0 Å². The Labute approximate surface area is 77.1 Å². The summed E-state index contributed by atoms with van der Waals surface area (Å²) in [5.41, 5.74) is 1.77. The van der Waals surface area contributed by atoms with Gasteiger partial charge in [0.15, 0.2) is 0 Å². The average molecular weight is 186 g/mol. The number of nitrogens with zero attached hydrogens (tertiary/aromatic N) is 2. The Morgan fingerprint density at radius 1 is 1.83 bits per heavy atom. The highest BCUT2D eigenvalue weighted by Gasteiger charge is 2.11. The second-order valence-electron chi connectivity index (χ2n) is 2.74. The maximum atomic E-state index is 8.76. The average Bonchev–Trinajstić information content (AvgIpc) is 2.09. The lowest BCUT2D eigenvalue weighted by Crippen LogP contribution is -2.26. The smallest absolute Gasteiger partial charge is 0.0828 e. The molecule has 1 rings (SSSR count). The van der Waals surface area contributed by atoms with Crippen LogP contribution in [0.1, 0.15) is 6.92 Å². The number of hydrogen-bond donors (Lipinski definition) is 1. The first-order valence-electron chi connectivity index (χ1n) is 3.92. The second-order valence-corrected chi connectivity index (χ2v) is 3.84. The Morgan fingerprint density at radius 2 is 2.58 bits per heavy atom. The number of thioether (sulfide) groups is 1. The molecule has 0 bridgehead atoms. The van der Waals surface area contributed by atoms with Crippen LogP contribution in [-0.4, -0.2) is 40.5 Å². The van der Waals surface area contributed by atoms with Gasteiger partial charge in [-0.1, -0.05) is 6.58 Å². The highest BCUT2D eigenvalue weighted by molar-refractivity contribution is 7.99. The third kappa shape index (κ3) is 2.53. The minimum atomic E-state index is 0.0247. The van der Waals surface area contributed by atoms with Crippen molar-refractivity contribution in [2.75, 3.05) is 24.7 Å².